The van der Waals surface area contributed by atoms with Crippen molar-refractivity contribution in [1.29, 1.82) is 0 Å². The Morgan fingerprint density at radius 2 is 1.83 bits per heavy atom. The lowest BCUT2D eigenvalue weighted by atomic mass is 10.1. The summed E-state index contributed by atoms with van der Waals surface area (Å²) in [5, 5.41) is 8.74. The van der Waals surface area contributed by atoms with E-state index < -0.39 is 0 Å². The Balaban J connectivity index is 1.56. The monoisotopic (exact) mass is 387 g/mol. The maximum atomic E-state index is 12.8. The van der Waals surface area contributed by atoms with Crippen LogP contribution in [0.3, 0.4) is 0 Å². The second-order valence-electron chi connectivity index (χ2n) is 7.50. The predicted molar refractivity (Wildman–Crippen MR) is 107 cm³/mol. The minimum Gasteiger partial charge on any atom is -0.361 e. The van der Waals surface area contributed by atoms with Crippen LogP contribution in [0.25, 0.3) is 11.5 Å². The fourth-order valence-corrected chi connectivity index (χ4v) is 3.75. The van der Waals surface area contributed by atoms with Gasteiger partial charge in [0, 0.05) is 24.0 Å². The van der Waals surface area contributed by atoms with Crippen molar-refractivity contribution in [2.75, 3.05) is 0 Å². The van der Waals surface area contributed by atoms with Crippen LogP contribution >= 0.6 is 0 Å². The van der Waals surface area contributed by atoms with Crippen LogP contribution in [0, 0.1) is 20.8 Å². The molecule has 0 fully saturated rings. The highest BCUT2D eigenvalue weighted by atomic mass is 16.5. The molecule has 0 bridgehead atoms. The summed E-state index contributed by atoms with van der Waals surface area (Å²) in [7, 11) is 0. The van der Waals surface area contributed by atoms with Gasteiger partial charge in [-0.1, -0.05) is 11.2 Å². The Kier molecular flexibility index (Phi) is 3.91. The highest BCUT2D eigenvalue weighted by Gasteiger charge is 2.32. The van der Waals surface area contributed by atoms with Crippen molar-refractivity contribution >= 4 is 5.91 Å². The molecule has 1 aromatic carbocycles. The van der Waals surface area contributed by atoms with Gasteiger partial charge in [0.15, 0.2) is 5.69 Å². The first-order chi connectivity index (χ1) is 14.0. The number of rotatable bonds is 3. The number of aryl methyl sites for hydroxylation is 3. The summed E-state index contributed by atoms with van der Waals surface area (Å²) in [6.45, 7) is 6.92. The Bertz CT molecular complexity index is 1220. The summed E-state index contributed by atoms with van der Waals surface area (Å²) in [6, 6.07) is 12.0. The van der Waals surface area contributed by atoms with Crippen molar-refractivity contribution in [1.82, 2.24) is 24.4 Å². The van der Waals surface area contributed by atoms with Gasteiger partial charge in [0.05, 0.1) is 24.5 Å². The Morgan fingerprint density at radius 3 is 2.52 bits per heavy atom. The van der Waals surface area contributed by atoms with E-state index in [4.69, 9.17) is 9.62 Å². The fraction of sp³-hybridized carbons (Fsp3) is 0.227. The van der Waals surface area contributed by atoms with Gasteiger partial charge in [0.1, 0.15) is 11.6 Å². The lowest BCUT2D eigenvalue weighted by Crippen LogP contribution is -2.26. The normalized spacial score (nSPS) is 13.1. The molecule has 1 aliphatic heterocycles. The van der Waals surface area contributed by atoms with E-state index in [0.717, 1.165) is 22.8 Å². The molecule has 29 heavy (non-hydrogen) atoms. The first-order valence-corrected chi connectivity index (χ1v) is 9.55. The molecular formula is C22H21N5O2. The second-order valence-corrected chi connectivity index (χ2v) is 7.50. The number of nitrogens with zero attached hydrogens (tertiary/aromatic N) is 5. The van der Waals surface area contributed by atoms with Crippen LogP contribution in [0.4, 0.5) is 0 Å². The number of aromatic nitrogens is 4. The maximum Gasteiger partial charge on any atom is 0.276 e. The lowest BCUT2D eigenvalue weighted by Gasteiger charge is -2.16. The molecule has 4 heterocycles. The Morgan fingerprint density at radius 1 is 1.03 bits per heavy atom. The standard InChI is InChI=1S/C22H21N5O2/c1-14-6-7-17(10-15(14)2)27-21(25-8-4-5-9-25)18-12-26(13-20(18)23-27)22(28)19-11-16(3)29-24-19/h4-11H,12-13H2,1-3H3. The average molecular weight is 387 g/mol. The highest BCUT2D eigenvalue weighted by Crippen LogP contribution is 2.31. The van der Waals surface area contributed by atoms with E-state index in [0.29, 0.717) is 24.5 Å². The molecule has 3 aromatic heterocycles. The molecule has 0 unspecified atom stereocenters. The lowest BCUT2D eigenvalue weighted by molar-refractivity contribution is 0.0738. The minimum absolute atomic E-state index is 0.143. The number of carbonyl (C=O) groups excluding carboxylic acids is 1. The van der Waals surface area contributed by atoms with Crippen molar-refractivity contribution in [2.24, 2.45) is 0 Å². The minimum atomic E-state index is -0.143. The summed E-state index contributed by atoms with van der Waals surface area (Å²) in [5.41, 5.74) is 5.76. The molecule has 0 saturated carbocycles. The molecule has 146 valence electrons. The molecule has 0 saturated heterocycles. The highest BCUT2D eigenvalue weighted by molar-refractivity contribution is 5.92. The van der Waals surface area contributed by atoms with E-state index in [1.165, 1.54) is 11.1 Å². The van der Waals surface area contributed by atoms with Gasteiger partial charge in [-0.3, -0.25) is 4.79 Å². The van der Waals surface area contributed by atoms with Gasteiger partial charge in [0.2, 0.25) is 0 Å². The average Bonchev–Trinajstić information content (AvgIpc) is 3.46. The summed E-state index contributed by atoms with van der Waals surface area (Å²) in [4.78, 5) is 14.6. The van der Waals surface area contributed by atoms with Crippen molar-refractivity contribution < 1.29 is 9.32 Å². The number of carbonyl (C=O) groups is 1. The summed E-state index contributed by atoms with van der Waals surface area (Å²) in [5.74, 6) is 1.44. The third kappa shape index (κ3) is 2.86. The fourth-order valence-electron chi connectivity index (χ4n) is 3.75. The molecule has 4 aromatic rings. The van der Waals surface area contributed by atoms with Crippen molar-refractivity contribution in [3.8, 4) is 11.5 Å². The molecule has 0 aliphatic carbocycles. The van der Waals surface area contributed by atoms with E-state index in [-0.39, 0.29) is 5.91 Å². The topological polar surface area (TPSA) is 69.1 Å². The van der Waals surface area contributed by atoms with Crippen LogP contribution in [-0.4, -0.2) is 30.3 Å². The van der Waals surface area contributed by atoms with Gasteiger partial charge in [-0.05, 0) is 56.2 Å². The zero-order valence-corrected chi connectivity index (χ0v) is 16.6. The summed E-state index contributed by atoms with van der Waals surface area (Å²) < 4.78 is 9.09. The number of amides is 1. The SMILES string of the molecule is Cc1cc(C(=O)N2Cc3nn(-c4ccc(C)c(C)c4)c(-n4cccc4)c3C2)no1. The molecule has 0 atom stereocenters. The van der Waals surface area contributed by atoms with Gasteiger partial charge < -0.3 is 14.0 Å². The molecule has 1 amide bonds. The molecule has 5 rings (SSSR count). The van der Waals surface area contributed by atoms with Gasteiger partial charge in [0.25, 0.3) is 5.91 Å². The molecule has 7 heteroatoms. The van der Waals surface area contributed by atoms with Crippen molar-refractivity contribution in [3.05, 3.63) is 82.6 Å². The first-order valence-electron chi connectivity index (χ1n) is 9.55. The van der Waals surface area contributed by atoms with Gasteiger partial charge >= 0.3 is 0 Å². The van der Waals surface area contributed by atoms with Crippen LogP contribution in [0.1, 0.15) is 38.6 Å². The molecule has 7 nitrogen and oxygen atoms in total. The Hall–Kier alpha value is -3.61. The van der Waals surface area contributed by atoms with Crippen molar-refractivity contribution in [2.45, 2.75) is 33.9 Å². The van der Waals surface area contributed by atoms with E-state index >= 15 is 0 Å². The van der Waals surface area contributed by atoms with E-state index in [1.807, 2.05) is 29.2 Å². The van der Waals surface area contributed by atoms with Gasteiger partial charge in [-0.2, -0.15) is 5.10 Å². The zero-order chi connectivity index (χ0) is 20.1. The van der Waals surface area contributed by atoms with Crippen LogP contribution in [0.15, 0.2) is 53.3 Å². The number of hydrogen-bond donors (Lipinski definition) is 0. The number of fused-ring (bicyclic) bond motifs is 1. The first kappa shape index (κ1) is 17.5. The third-order valence-electron chi connectivity index (χ3n) is 5.45. The third-order valence-corrected chi connectivity index (χ3v) is 5.45. The van der Waals surface area contributed by atoms with E-state index in [9.17, 15) is 4.79 Å². The Labute approximate surface area is 168 Å². The molecule has 0 spiro atoms. The van der Waals surface area contributed by atoms with Crippen LogP contribution in [-0.2, 0) is 13.1 Å². The van der Waals surface area contributed by atoms with Crippen molar-refractivity contribution in [3.63, 3.8) is 0 Å². The quantitative estimate of drug-likeness (QED) is 0.537. The van der Waals surface area contributed by atoms with E-state index in [2.05, 4.69) is 41.8 Å². The van der Waals surface area contributed by atoms with E-state index in [1.54, 1.807) is 17.9 Å². The maximum absolute atomic E-state index is 12.8. The van der Waals surface area contributed by atoms with Gasteiger partial charge in [-0.15, -0.1) is 0 Å². The van der Waals surface area contributed by atoms with Crippen LogP contribution < -0.4 is 0 Å². The summed E-state index contributed by atoms with van der Waals surface area (Å²) >= 11 is 0. The largest absolute Gasteiger partial charge is 0.361 e. The van der Waals surface area contributed by atoms with Gasteiger partial charge in [-0.25, -0.2) is 4.68 Å². The zero-order valence-electron chi connectivity index (χ0n) is 16.6. The molecule has 0 radical (unpaired) electrons. The molecular weight excluding hydrogens is 366 g/mol. The number of hydrogen-bond acceptors (Lipinski definition) is 4. The smallest absolute Gasteiger partial charge is 0.276 e. The molecule has 0 N–H and O–H groups in total. The second kappa shape index (κ2) is 6.48. The summed E-state index contributed by atoms with van der Waals surface area (Å²) in [6.07, 6.45) is 4.00. The number of benzene rings is 1. The van der Waals surface area contributed by atoms with Crippen LogP contribution in [0.5, 0.6) is 0 Å². The predicted octanol–water partition coefficient (Wildman–Crippen LogP) is 3.73. The molecule has 1 aliphatic rings. The van der Waals surface area contributed by atoms with Crippen LogP contribution in [0.2, 0.25) is 0 Å².